The number of Topliss-reactive ketones (excluding diaryl/α,β-unsaturated/α-hetero) is 1. The molecular weight excluding hydrogens is 148 g/mol. The van der Waals surface area contributed by atoms with Gasteiger partial charge in [0.05, 0.1) is 13.0 Å². The van der Waals surface area contributed by atoms with Crippen LogP contribution in [0.4, 0.5) is 0 Å². The van der Waals surface area contributed by atoms with Crippen molar-refractivity contribution in [2.75, 3.05) is 7.11 Å². The Morgan fingerprint density at radius 1 is 1.70 bits per heavy atom. The van der Waals surface area contributed by atoms with Gasteiger partial charge in [-0.2, -0.15) is 0 Å². The minimum atomic E-state index is -0.231. The van der Waals surface area contributed by atoms with E-state index in [9.17, 15) is 4.79 Å². The number of thiocarbonyl (C=S) groups is 1. The minimum absolute atomic E-state index is 0.131. The van der Waals surface area contributed by atoms with Crippen LogP contribution in [0.2, 0.25) is 0 Å². The number of methoxy groups -OCH3 is 1. The highest BCUT2D eigenvalue weighted by molar-refractivity contribution is 7.80. The van der Waals surface area contributed by atoms with Crippen molar-refractivity contribution in [1.29, 1.82) is 0 Å². The standard InChI is InChI=1S/C7H12O2S/c1-4-6(8)5(2)7(10)9-3/h5H,4H2,1-3H3. The van der Waals surface area contributed by atoms with E-state index in [1.807, 2.05) is 6.92 Å². The lowest BCUT2D eigenvalue weighted by Crippen LogP contribution is -2.19. The zero-order valence-electron chi connectivity index (χ0n) is 6.51. The quantitative estimate of drug-likeness (QED) is 0.586. The molecule has 0 aromatic carbocycles. The van der Waals surface area contributed by atoms with Gasteiger partial charge in [0.15, 0.2) is 5.05 Å². The molecule has 0 N–H and O–H groups in total. The predicted molar refractivity (Wildman–Crippen MR) is 44.1 cm³/mol. The van der Waals surface area contributed by atoms with Crippen molar-refractivity contribution >= 4 is 23.1 Å². The summed E-state index contributed by atoms with van der Waals surface area (Å²) in [5.41, 5.74) is 0. The molecule has 0 fully saturated rings. The van der Waals surface area contributed by atoms with E-state index in [1.54, 1.807) is 6.92 Å². The third-order valence-electron chi connectivity index (χ3n) is 1.39. The molecule has 0 radical (unpaired) electrons. The molecule has 3 heteroatoms. The van der Waals surface area contributed by atoms with Gasteiger partial charge >= 0.3 is 0 Å². The van der Waals surface area contributed by atoms with E-state index in [1.165, 1.54) is 7.11 Å². The largest absolute Gasteiger partial charge is 0.489 e. The fraction of sp³-hybridized carbons (Fsp3) is 0.714. The van der Waals surface area contributed by atoms with Crippen LogP contribution in [0.25, 0.3) is 0 Å². The van der Waals surface area contributed by atoms with Crippen LogP contribution in [0.1, 0.15) is 20.3 Å². The number of rotatable bonds is 3. The molecule has 0 spiro atoms. The number of hydrogen-bond donors (Lipinski definition) is 0. The zero-order chi connectivity index (χ0) is 8.15. The molecule has 0 saturated carbocycles. The van der Waals surface area contributed by atoms with Crippen molar-refractivity contribution in [3.63, 3.8) is 0 Å². The minimum Gasteiger partial charge on any atom is -0.489 e. The summed E-state index contributed by atoms with van der Waals surface area (Å²) in [5.74, 6) is -0.100. The average Bonchev–Trinajstić information content (AvgIpc) is 2.00. The summed E-state index contributed by atoms with van der Waals surface area (Å²) in [6.07, 6.45) is 0.519. The first-order valence-corrected chi connectivity index (χ1v) is 3.64. The smallest absolute Gasteiger partial charge is 0.169 e. The van der Waals surface area contributed by atoms with Gasteiger partial charge in [0.2, 0.25) is 0 Å². The second-order valence-electron chi connectivity index (χ2n) is 2.06. The lowest BCUT2D eigenvalue weighted by molar-refractivity contribution is -0.120. The molecule has 0 amide bonds. The van der Waals surface area contributed by atoms with Gasteiger partial charge in [-0.15, -0.1) is 0 Å². The Kier molecular flexibility index (Phi) is 4.19. The summed E-state index contributed by atoms with van der Waals surface area (Å²) in [5, 5.41) is 0.381. The van der Waals surface area contributed by atoms with E-state index in [4.69, 9.17) is 17.0 Å². The summed E-state index contributed by atoms with van der Waals surface area (Å²) in [4.78, 5) is 10.9. The molecule has 0 saturated heterocycles. The molecular formula is C7H12O2S. The first-order valence-electron chi connectivity index (χ1n) is 3.24. The number of hydrogen-bond acceptors (Lipinski definition) is 3. The summed E-state index contributed by atoms with van der Waals surface area (Å²) in [6, 6.07) is 0. The normalized spacial score (nSPS) is 12.3. The van der Waals surface area contributed by atoms with Gasteiger partial charge in [-0.1, -0.05) is 6.92 Å². The molecule has 0 bridgehead atoms. The van der Waals surface area contributed by atoms with E-state index >= 15 is 0 Å². The second kappa shape index (κ2) is 4.39. The van der Waals surface area contributed by atoms with Crippen LogP contribution >= 0.6 is 12.2 Å². The molecule has 0 aliphatic rings. The molecule has 58 valence electrons. The maximum atomic E-state index is 10.9. The summed E-state index contributed by atoms with van der Waals surface area (Å²) < 4.78 is 4.75. The number of carbonyl (C=O) groups excluding carboxylic acids is 1. The van der Waals surface area contributed by atoms with Crippen molar-refractivity contribution in [1.82, 2.24) is 0 Å². The Morgan fingerprint density at radius 3 is 2.50 bits per heavy atom. The number of ketones is 1. The lowest BCUT2D eigenvalue weighted by Gasteiger charge is -2.08. The van der Waals surface area contributed by atoms with Crippen molar-refractivity contribution in [2.45, 2.75) is 20.3 Å². The number of ether oxygens (including phenoxy) is 1. The van der Waals surface area contributed by atoms with Crippen LogP contribution in [0.5, 0.6) is 0 Å². The highest BCUT2D eigenvalue weighted by Gasteiger charge is 2.15. The zero-order valence-corrected chi connectivity index (χ0v) is 7.33. The van der Waals surface area contributed by atoms with Crippen LogP contribution in [0, 0.1) is 5.92 Å². The summed E-state index contributed by atoms with van der Waals surface area (Å²) in [6.45, 7) is 3.58. The Hall–Kier alpha value is -0.440. The predicted octanol–water partition coefficient (Wildman–Crippen LogP) is 1.58. The second-order valence-corrected chi connectivity index (χ2v) is 2.47. The highest BCUT2D eigenvalue weighted by atomic mass is 32.1. The van der Waals surface area contributed by atoms with Crippen molar-refractivity contribution in [3.8, 4) is 0 Å². The van der Waals surface area contributed by atoms with Crippen LogP contribution in [0.15, 0.2) is 0 Å². The van der Waals surface area contributed by atoms with Crippen LogP contribution in [0.3, 0.4) is 0 Å². The van der Waals surface area contributed by atoms with E-state index in [0.29, 0.717) is 11.5 Å². The lowest BCUT2D eigenvalue weighted by atomic mass is 10.1. The first kappa shape index (κ1) is 9.56. The van der Waals surface area contributed by atoms with Crippen molar-refractivity contribution in [3.05, 3.63) is 0 Å². The molecule has 0 heterocycles. The first-order chi connectivity index (χ1) is 4.63. The molecule has 0 aromatic rings. The van der Waals surface area contributed by atoms with Gasteiger partial charge in [0.25, 0.3) is 0 Å². The molecule has 0 aliphatic carbocycles. The van der Waals surface area contributed by atoms with E-state index in [0.717, 1.165) is 0 Å². The third kappa shape index (κ3) is 2.43. The summed E-state index contributed by atoms with van der Waals surface area (Å²) >= 11 is 4.78. The van der Waals surface area contributed by atoms with Gasteiger partial charge < -0.3 is 4.74 Å². The van der Waals surface area contributed by atoms with E-state index in [2.05, 4.69) is 0 Å². The maximum absolute atomic E-state index is 10.9. The van der Waals surface area contributed by atoms with Gasteiger partial charge in [-0.05, 0) is 19.1 Å². The fourth-order valence-electron chi connectivity index (χ4n) is 0.614. The van der Waals surface area contributed by atoms with E-state index in [-0.39, 0.29) is 11.7 Å². The Balaban J connectivity index is 3.94. The maximum Gasteiger partial charge on any atom is 0.169 e. The molecule has 2 nitrogen and oxygen atoms in total. The molecule has 10 heavy (non-hydrogen) atoms. The Bertz CT molecular complexity index is 127. The molecule has 1 atom stereocenters. The molecule has 0 rings (SSSR count). The van der Waals surface area contributed by atoms with Crippen molar-refractivity contribution in [2.24, 2.45) is 5.92 Å². The highest BCUT2D eigenvalue weighted by Crippen LogP contribution is 2.03. The molecule has 1 unspecified atom stereocenters. The Labute approximate surface area is 66.6 Å². The fourth-order valence-corrected chi connectivity index (χ4v) is 0.746. The van der Waals surface area contributed by atoms with Crippen LogP contribution in [-0.2, 0) is 9.53 Å². The van der Waals surface area contributed by atoms with E-state index < -0.39 is 0 Å². The summed E-state index contributed by atoms with van der Waals surface area (Å²) in [7, 11) is 1.49. The van der Waals surface area contributed by atoms with Gasteiger partial charge in [0.1, 0.15) is 5.78 Å². The number of carbonyl (C=O) groups is 1. The van der Waals surface area contributed by atoms with Gasteiger partial charge in [-0.3, -0.25) is 4.79 Å². The molecule has 0 aliphatic heterocycles. The van der Waals surface area contributed by atoms with Gasteiger partial charge in [-0.25, -0.2) is 0 Å². The molecule has 0 aromatic heterocycles. The topological polar surface area (TPSA) is 26.3 Å². The van der Waals surface area contributed by atoms with Crippen molar-refractivity contribution < 1.29 is 9.53 Å². The SMILES string of the molecule is CCC(=O)C(C)C(=S)OC. The van der Waals surface area contributed by atoms with Crippen LogP contribution < -0.4 is 0 Å². The average molecular weight is 160 g/mol. The van der Waals surface area contributed by atoms with Gasteiger partial charge in [0, 0.05) is 6.42 Å². The van der Waals surface area contributed by atoms with Crippen LogP contribution in [-0.4, -0.2) is 17.9 Å². The third-order valence-corrected chi connectivity index (χ3v) is 1.91. The monoisotopic (exact) mass is 160 g/mol. The Morgan fingerprint density at radius 2 is 2.20 bits per heavy atom.